The molecule has 0 rings (SSSR count). The first-order chi connectivity index (χ1) is 10.6. The van der Waals surface area contributed by atoms with Crippen molar-refractivity contribution in [2.75, 3.05) is 39.3 Å². The van der Waals surface area contributed by atoms with Crippen LogP contribution >= 0.6 is 7.82 Å². The maximum Gasteiger partial charge on any atom is 2.00 e. The number of nitrogens with zero attached hydrogens (tertiary/aromatic N) is 1. The molecule has 0 fully saturated rings. The second-order valence-corrected chi connectivity index (χ2v) is 5.42. The van der Waals surface area contributed by atoms with Gasteiger partial charge in [0.05, 0.1) is 6.61 Å². The summed E-state index contributed by atoms with van der Waals surface area (Å²) in [7, 11) is -4.89. The van der Waals surface area contributed by atoms with Crippen LogP contribution in [0.3, 0.4) is 0 Å². The Hall–Kier alpha value is 0.108. The summed E-state index contributed by atoms with van der Waals surface area (Å²) in [4.78, 5) is 35.5. The molecule has 24 heavy (non-hydrogen) atoms. The van der Waals surface area contributed by atoms with Gasteiger partial charge < -0.3 is 46.1 Å². The molecule has 0 heterocycles. The Morgan fingerprint density at radius 1 is 1.21 bits per heavy atom. The Balaban J connectivity index is -0.000000151. The summed E-state index contributed by atoms with van der Waals surface area (Å²) >= 11 is 0. The molecule has 0 bridgehead atoms. The van der Waals surface area contributed by atoms with Crippen molar-refractivity contribution >= 4 is 13.8 Å². The van der Waals surface area contributed by atoms with E-state index in [2.05, 4.69) is 4.90 Å². The molecule has 10 nitrogen and oxygen atoms in total. The van der Waals surface area contributed by atoms with E-state index in [1.54, 1.807) is 0 Å². The fraction of sp³-hybridized carbons (Fsp3) is 0.917. The summed E-state index contributed by atoms with van der Waals surface area (Å²) < 4.78 is 8.77. The van der Waals surface area contributed by atoms with Crippen LogP contribution in [0.15, 0.2) is 0 Å². The first kappa shape index (κ1) is 31.8. The van der Waals surface area contributed by atoms with Gasteiger partial charge in [-0.1, -0.05) is 13.8 Å². The quantitative estimate of drug-likeness (QED) is 0.181. The van der Waals surface area contributed by atoms with Crippen LogP contribution in [-0.4, -0.2) is 65.1 Å². The van der Waals surface area contributed by atoms with E-state index in [0.717, 1.165) is 32.6 Å². The number of rotatable bonds is 9. The zero-order valence-corrected chi connectivity index (χ0v) is 17.2. The predicted octanol–water partition coefficient (Wildman–Crippen LogP) is -3.19. The van der Waals surface area contributed by atoms with Gasteiger partial charge in [-0.05, 0) is 45.6 Å². The van der Waals surface area contributed by atoms with E-state index >= 15 is 0 Å². The molecular formula is C12H30N3O7PPt. The van der Waals surface area contributed by atoms with Crippen molar-refractivity contribution in [2.24, 2.45) is 17.4 Å². The van der Waals surface area contributed by atoms with Gasteiger partial charge in [0, 0.05) is 11.9 Å². The van der Waals surface area contributed by atoms with Crippen molar-refractivity contribution < 1.29 is 55.3 Å². The van der Waals surface area contributed by atoms with Gasteiger partial charge in [0.2, 0.25) is 0 Å². The third kappa shape index (κ3) is 33.7. The van der Waals surface area contributed by atoms with Gasteiger partial charge in [0.25, 0.3) is 7.82 Å². The SMILES string of the molecule is CCN(CC)CCC(CO)C(=O)[O-].NCCCN.O=P([O-])(O)O.[Pt+2]. The number of carbonyl (C=O) groups excluding carboxylic acids is 1. The minimum atomic E-state index is -4.89. The van der Waals surface area contributed by atoms with Crippen LogP contribution in [0.25, 0.3) is 0 Å². The molecule has 0 aliphatic carbocycles. The Labute approximate surface area is 157 Å². The molecule has 0 saturated carbocycles. The molecule has 0 amide bonds. The monoisotopic (exact) mass is 554 g/mol. The van der Waals surface area contributed by atoms with Crippen molar-refractivity contribution in [2.45, 2.75) is 26.7 Å². The molecule has 1 atom stereocenters. The van der Waals surface area contributed by atoms with Crippen LogP contribution in [0.5, 0.6) is 0 Å². The zero-order valence-electron chi connectivity index (χ0n) is 14.1. The number of phosphoric acid groups is 1. The van der Waals surface area contributed by atoms with E-state index in [1.165, 1.54) is 0 Å². The molecule has 0 spiro atoms. The summed E-state index contributed by atoms with van der Waals surface area (Å²) in [6, 6.07) is 0. The number of hydrogen-bond donors (Lipinski definition) is 5. The molecule has 150 valence electrons. The number of aliphatic hydroxyl groups is 1. The fourth-order valence-electron chi connectivity index (χ4n) is 1.28. The zero-order chi connectivity index (χ0) is 18.9. The van der Waals surface area contributed by atoms with Gasteiger partial charge >= 0.3 is 21.1 Å². The van der Waals surface area contributed by atoms with Crippen LogP contribution in [0.1, 0.15) is 26.7 Å². The van der Waals surface area contributed by atoms with E-state index in [9.17, 15) is 9.90 Å². The molecule has 12 heteroatoms. The van der Waals surface area contributed by atoms with Gasteiger partial charge in [0.1, 0.15) is 0 Å². The van der Waals surface area contributed by atoms with E-state index in [0.29, 0.717) is 13.0 Å². The smallest absolute Gasteiger partial charge is 0.756 e. The second-order valence-electron chi connectivity index (χ2n) is 4.44. The Morgan fingerprint density at radius 3 is 1.75 bits per heavy atom. The number of carbonyl (C=O) groups is 1. The molecule has 0 aromatic rings. The molecule has 0 aromatic heterocycles. The number of carboxylic acid groups (broad SMARTS) is 1. The molecule has 7 N–H and O–H groups in total. The Kier molecular flexibility index (Phi) is 28.1. The topological polar surface area (TPSA) is 196 Å². The van der Waals surface area contributed by atoms with Gasteiger partial charge in [-0.2, -0.15) is 0 Å². The molecule has 1 unspecified atom stereocenters. The number of carboxylic acids is 1. The van der Waals surface area contributed by atoms with Crippen molar-refractivity contribution in [1.82, 2.24) is 4.90 Å². The third-order valence-corrected chi connectivity index (χ3v) is 2.65. The van der Waals surface area contributed by atoms with Crippen LogP contribution in [0.2, 0.25) is 0 Å². The van der Waals surface area contributed by atoms with Crippen LogP contribution in [0.4, 0.5) is 0 Å². The Morgan fingerprint density at radius 2 is 1.58 bits per heavy atom. The van der Waals surface area contributed by atoms with E-state index in [4.69, 9.17) is 35.8 Å². The number of aliphatic hydroxyl groups excluding tert-OH is 1. The van der Waals surface area contributed by atoms with Gasteiger partial charge in [0.15, 0.2) is 0 Å². The fourth-order valence-corrected chi connectivity index (χ4v) is 1.28. The minimum absolute atomic E-state index is 0. The second kappa shape index (κ2) is 21.2. The van der Waals surface area contributed by atoms with Crippen LogP contribution in [0, 0.1) is 5.92 Å². The number of hydrogen-bond acceptors (Lipinski definition) is 8. The van der Waals surface area contributed by atoms with Gasteiger partial charge in [-0.25, -0.2) is 0 Å². The average Bonchev–Trinajstić information content (AvgIpc) is 2.43. The molecule has 0 saturated heterocycles. The van der Waals surface area contributed by atoms with E-state index < -0.39 is 19.7 Å². The number of nitrogens with two attached hydrogens (primary N) is 2. The van der Waals surface area contributed by atoms with Crippen molar-refractivity contribution in [3.63, 3.8) is 0 Å². The third-order valence-electron chi connectivity index (χ3n) is 2.65. The first-order valence-corrected chi connectivity index (χ1v) is 8.80. The van der Waals surface area contributed by atoms with Crippen molar-refractivity contribution in [3.05, 3.63) is 0 Å². The summed E-state index contributed by atoms with van der Waals surface area (Å²) in [5.74, 6) is -1.88. The molecular weight excluding hydrogens is 524 g/mol. The maximum absolute atomic E-state index is 10.4. The van der Waals surface area contributed by atoms with Crippen molar-refractivity contribution in [1.29, 1.82) is 0 Å². The molecule has 0 radical (unpaired) electrons. The van der Waals surface area contributed by atoms with E-state index in [1.807, 2.05) is 13.8 Å². The number of aliphatic carboxylic acids is 1. The van der Waals surface area contributed by atoms with Crippen LogP contribution in [-0.2, 0) is 30.4 Å². The minimum Gasteiger partial charge on any atom is -0.756 e. The summed E-state index contributed by atoms with van der Waals surface area (Å²) in [6.07, 6.45) is 1.40. The van der Waals surface area contributed by atoms with Gasteiger partial charge in [-0.15, -0.1) is 0 Å². The maximum atomic E-state index is 10.4. The first-order valence-electron chi connectivity index (χ1n) is 7.27. The van der Waals surface area contributed by atoms with Crippen molar-refractivity contribution in [3.8, 4) is 0 Å². The summed E-state index contributed by atoms with van der Waals surface area (Å²) in [6.45, 7) is 7.67. The van der Waals surface area contributed by atoms with Crippen LogP contribution < -0.4 is 21.5 Å². The largest absolute Gasteiger partial charge is 2.00 e. The predicted molar refractivity (Wildman–Crippen MR) is 82.8 cm³/mol. The summed E-state index contributed by atoms with van der Waals surface area (Å²) in [5, 5.41) is 19.1. The standard InChI is InChI=1S/C9H19NO3.C3H10N2.H3O4P.Pt/c1-3-10(4-2)6-5-8(7-11)9(12)13;4-2-1-3-5;1-5(2,3)4;/h8,11H,3-7H2,1-2H3,(H,12,13);1-5H2;(H3,1,2,3,4);/q;;;+2/p-2. The molecule has 0 aliphatic rings. The molecule has 0 aromatic carbocycles. The molecule has 0 aliphatic heterocycles. The average molecular weight is 554 g/mol. The van der Waals surface area contributed by atoms with Gasteiger partial charge in [-0.3, -0.25) is 4.57 Å². The normalized spacial score (nSPS) is 11.4. The Bertz CT molecular complexity index is 307. The summed E-state index contributed by atoms with van der Waals surface area (Å²) in [5.41, 5.74) is 10.1. The van der Waals surface area contributed by atoms with E-state index in [-0.39, 0.29) is 27.7 Å².